The maximum atomic E-state index is 12.1. The molecule has 2 N–H and O–H groups in total. The topological polar surface area (TPSA) is 68.5 Å². The molecule has 0 spiro atoms. The number of carbonyl (C=O) groups excluding carboxylic acids is 1. The van der Waals surface area contributed by atoms with E-state index in [2.05, 4.69) is 4.98 Å². The van der Waals surface area contributed by atoms with Gasteiger partial charge in [0.1, 0.15) is 0 Å². The van der Waals surface area contributed by atoms with Crippen molar-refractivity contribution in [1.29, 1.82) is 0 Å². The van der Waals surface area contributed by atoms with Crippen LogP contribution in [-0.2, 0) is 4.74 Å². The van der Waals surface area contributed by atoms with E-state index < -0.39 is 0 Å². The van der Waals surface area contributed by atoms with Crippen molar-refractivity contribution in [2.45, 2.75) is 13.8 Å². The largest absolute Gasteiger partial charge is 0.398 e. The van der Waals surface area contributed by atoms with Crippen LogP contribution in [0.5, 0.6) is 0 Å². The van der Waals surface area contributed by atoms with Crippen molar-refractivity contribution in [3.63, 3.8) is 0 Å². The Labute approximate surface area is 102 Å². The summed E-state index contributed by atoms with van der Waals surface area (Å²) in [5.74, 6) is -0.0993. The van der Waals surface area contributed by atoms with Crippen LogP contribution in [-0.4, -0.2) is 42.1 Å². The average Bonchev–Trinajstić information content (AvgIpc) is 2.35. The maximum absolute atomic E-state index is 12.1. The highest BCUT2D eigenvalue weighted by Crippen LogP contribution is 2.11. The van der Waals surface area contributed by atoms with E-state index in [0.29, 0.717) is 37.6 Å². The SMILES string of the molecule is CCOCCN(CC)C(=O)c1cnccc1N. The Morgan fingerprint density at radius 2 is 2.29 bits per heavy atom. The standard InChI is InChI=1S/C12H19N3O2/c1-3-15(7-8-17-4-2)12(16)10-9-14-6-5-11(10)13/h5-6,9H,3-4,7-8H2,1-2H3,(H2,13,14). The van der Waals surface area contributed by atoms with E-state index in [1.165, 1.54) is 6.20 Å². The lowest BCUT2D eigenvalue weighted by Gasteiger charge is -2.21. The number of rotatable bonds is 6. The lowest BCUT2D eigenvalue weighted by Crippen LogP contribution is -2.34. The molecule has 0 unspecified atom stereocenters. The molecule has 0 saturated carbocycles. The molecule has 0 aliphatic heterocycles. The molecule has 1 aromatic rings. The Morgan fingerprint density at radius 1 is 1.53 bits per heavy atom. The lowest BCUT2D eigenvalue weighted by atomic mass is 10.2. The van der Waals surface area contributed by atoms with Gasteiger partial charge in [-0.25, -0.2) is 0 Å². The first kappa shape index (κ1) is 13.4. The number of ether oxygens (including phenoxy) is 1. The van der Waals surface area contributed by atoms with Crippen molar-refractivity contribution < 1.29 is 9.53 Å². The minimum absolute atomic E-state index is 0.0993. The van der Waals surface area contributed by atoms with Gasteiger partial charge in [0, 0.05) is 37.8 Å². The Morgan fingerprint density at radius 3 is 2.88 bits per heavy atom. The highest BCUT2D eigenvalue weighted by molar-refractivity contribution is 5.98. The van der Waals surface area contributed by atoms with Crippen molar-refractivity contribution in [1.82, 2.24) is 9.88 Å². The zero-order valence-corrected chi connectivity index (χ0v) is 10.3. The first-order chi connectivity index (χ1) is 8.20. The maximum Gasteiger partial charge on any atom is 0.257 e. The van der Waals surface area contributed by atoms with E-state index in [1.54, 1.807) is 17.2 Å². The van der Waals surface area contributed by atoms with Gasteiger partial charge in [-0.1, -0.05) is 0 Å². The molecular formula is C12H19N3O2. The van der Waals surface area contributed by atoms with E-state index in [9.17, 15) is 4.79 Å². The van der Waals surface area contributed by atoms with Crippen LogP contribution in [0.3, 0.4) is 0 Å². The molecule has 0 fully saturated rings. The lowest BCUT2D eigenvalue weighted by molar-refractivity contribution is 0.0670. The number of nitrogens with two attached hydrogens (primary N) is 1. The van der Waals surface area contributed by atoms with E-state index >= 15 is 0 Å². The summed E-state index contributed by atoms with van der Waals surface area (Å²) < 4.78 is 5.24. The molecule has 0 saturated heterocycles. The second kappa shape index (κ2) is 6.85. The first-order valence-electron chi connectivity index (χ1n) is 5.77. The second-order valence-electron chi connectivity index (χ2n) is 3.54. The number of hydrogen-bond donors (Lipinski definition) is 1. The zero-order chi connectivity index (χ0) is 12.7. The first-order valence-corrected chi connectivity index (χ1v) is 5.77. The second-order valence-corrected chi connectivity index (χ2v) is 3.54. The van der Waals surface area contributed by atoms with Crippen LogP contribution < -0.4 is 5.73 Å². The number of nitrogen functional groups attached to an aromatic ring is 1. The summed E-state index contributed by atoms with van der Waals surface area (Å²) in [7, 11) is 0. The van der Waals surface area contributed by atoms with Gasteiger partial charge in [-0.05, 0) is 19.9 Å². The van der Waals surface area contributed by atoms with Gasteiger partial charge in [-0.3, -0.25) is 9.78 Å². The van der Waals surface area contributed by atoms with Gasteiger partial charge in [0.05, 0.1) is 12.2 Å². The van der Waals surface area contributed by atoms with Crippen molar-refractivity contribution in [3.8, 4) is 0 Å². The van der Waals surface area contributed by atoms with Crippen LogP contribution in [0.25, 0.3) is 0 Å². The van der Waals surface area contributed by atoms with Crippen LogP contribution in [0.15, 0.2) is 18.5 Å². The fourth-order valence-electron chi connectivity index (χ4n) is 1.48. The average molecular weight is 237 g/mol. The Balaban J connectivity index is 2.69. The highest BCUT2D eigenvalue weighted by Gasteiger charge is 2.16. The van der Waals surface area contributed by atoms with Crippen molar-refractivity contribution in [3.05, 3.63) is 24.0 Å². The molecule has 94 valence electrons. The number of anilines is 1. The summed E-state index contributed by atoms with van der Waals surface area (Å²) in [6.07, 6.45) is 3.07. The number of carbonyl (C=O) groups is 1. The Hall–Kier alpha value is -1.62. The molecule has 0 radical (unpaired) electrons. The third-order valence-corrected chi connectivity index (χ3v) is 2.46. The highest BCUT2D eigenvalue weighted by atomic mass is 16.5. The summed E-state index contributed by atoms with van der Waals surface area (Å²) in [6, 6.07) is 1.63. The fraction of sp³-hybridized carbons (Fsp3) is 0.500. The predicted molar refractivity (Wildman–Crippen MR) is 66.7 cm³/mol. The van der Waals surface area contributed by atoms with E-state index in [4.69, 9.17) is 10.5 Å². The van der Waals surface area contributed by atoms with Crippen molar-refractivity contribution >= 4 is 11.6 Å². The molecule has 17 heavy (non-hydrogen) atoms. The van der Waals surface area contributed by atoms with E-state index in [0.717, 1.165) is 0 Å². The molecular weight excluding hydrogens is 218 g/mol. The quantitative estimate of drug-likeness (QED) is 0.754. The van der Waals surface area contributed by atoms with Gasteiger partial charge in [0.2, 0.25) is 0 Å². The fourth-order valence-corrected chi connectivity index (χ4v) is 1.48. The van der Waals surface area contributed by atoms with E-state index in [1.807, 2.05) is 13.8 Å². The number of likely N-dealkylation sites (N-methyl/N-ethyl adjacent to an activating group) is 1. The molecule has 5 nitrogen and oxygen atoms in total. The molecule has 1 heterocycles. The third-order valence-electron chi connectivity index (χ3n) is 2.46. The Bertz CT molecular complexity index is 369. The molecule has 1 rings (SSSR count). The van der Waals surface area contributed by atoms with Crippen LogP contribution in [0.2, 0.25) is 0 Å². The van der Waals surface area contributed by atoms with Gasteiger partial charge in [-0.15, -0.1) is 0 Å². The summed E-state index contributed by atoms with van der Waals surface area (Å²) in [4.78, 5) is 17.8. The number of hydrogen-bond acceptors (Lipinski definition) is 4. The van der Waals surface area contributed by atoms with Gasteiger partial charge in [-0.2, -0.15) is 0 Å². The van der Waals surface area contributed by atoms with Crippen LogP contribution in [0.1, 0.15) is 24.2 Å². The number of aromatic nitrogens is 1. The monoisotopic (exact) mass is 237 g/mol. The zero-order valence-electron chi connectivity index (χ0n) is 10.3. The normalized spacial score (nSPS) is 10.2. The smallest absolute Gasteiger partial charge is 0.257 e. The van der Waals surface area contributed by atoms with Crippen LogP contribution >= 0.6 is 0 Å². The van der Waals surface area contributed by atoms with Gasteiger partial charge < -0.3 is 15.4 Å². The number of amides is 1. The van der Waals surface area contributed by atoms with Crippen LogP contribution in [0, 0.1) is 0 Å². The van der Waals surface area contributed by atoms with Gasteiger partial charge in [0.15, 0.2) is 0 Å². The molecule has 0 atom stereocenters. The summed E-state index contributed by atoms with van der Waals surface area (Å²) in [5.41, 5.74) is 6.66. The van der Waals surface area contributed by atoms with Crippen molar-refractivity contribution in [2.75, 3.05) is 32.0 Å². The van der Waals surface area contributed by atoms with Gasteiger partial charge in [0.25, 0.3) is 5.91 Å². The minimum atomic E-state index is -0.0993. The molecule has 5 heteroatoms. The third kappa shape index (κ3) is 3.71. The number of pyridine rings is 1. The summed E-state index contributed by atoms with van der Waals surface area (Å²) in [6.45, 7) is 6.24. The number of nitrogens with zero attached hydrogens (tertiary/aromatic N) is 2. The molecule has 0 aromatic carbocycles. The predicted octanol–water partition coefficient (Wildman–Crippen LogP) is 1.16. The molecule has 1 aromatic heterocycles. The van der Waals surface area contributed by atoms with Gasteiger partial charge >= 0.3 is 0 Å². The minimum Gasteiger partial charge on any atom is -0.398 e. The van der Waals surface area contributed by atoms with E-state index in [-0.39, 0.29) is 5.91 Å². The molecule has 0 aliphatic carbocycles. The summed E-state index contributed by atoms with van der Waals surface area (Å²) in [5, 5.41) is 0. The summed E-state index contributed by atoms with van der Waals surface area (Å²) >= 11 is 0. The molecule has 0 bridgehead atoms. The van der Waals surface area contributed by atoms with Crippen molar-refractivity contribution in [2.24, 2.45) is 0 Å². The molecule has 1 amide bonds. The Kier molecular flexibility index (Phi) is 5.42. The van der Waals surface area contributed by atoms with Crippen LogP contribution in [0.4, 0.5) is 5.69 Å². The molecule has 0 aliphatic rings.